The third-order valence-electron chi connectivity index (χ3n) is 2.86. The van der Waals surface area contributed by atoms with Crippen LogP contribution in [-0.4, -0.2) is 68.9 Å². The lowest BCUT2D eigenvalue weighted by atomic mass is 10.3. The van der Waals surface area contributed by atoms with Crippen molar-refractivity contribution in [3.8, 4) is 0 Å². The van der Waals surface area contributed by atoms with Gasteiger partial charge in [0.25, 0.3) is 0 Å². The highest BCUT2D eigenvalue weighted by Crippen LogP contribution is 2.04. The largest absolute Gasteiger partial charge is 0.389 e. The van der Waals surface area contributed by atoms with E-state index in [0.717, 1.165) is 12.8 Å². The fraction of sp³-hybridized carbons (Fsp3) is 1.00. The standard InChI is InChI=1S/C11H23NO4S/c1-2-3-6-16-10-11(13)9-12-4-7-17(14,15)8-5-12/h11,13H,2-10H2,1H3. The first-order valence-corrected chi connectivity index (χ1v) is 8.04. The number of aliphatic hydroxyl groups is 1. The Kier molecular flexibility index (Phi) is 6.40. The van der Waals surface area contributed by atoms with Crippen LogP contribution >= 0.6 is 0 Å². The van der Waals surface area contributed by atoms with Crippen molar-refractivity contribution in [1.29, 1.82) is 0 Å². The van der Waals surface area contributed by atoms with E-state index < -0.39 is 15.9 Å². The van der Waals surface area contributed by atoms with Crippen molar-refractivity contribution in [3.63, 3.8) is 0 Å². The first-order valence-electron chi connectivity index (χ1n) is 6.22. The second-order valence-corrected chi connectivity index (χ2v) is 6.84. The molecule has 0 aliphatic carbocycles. The number of rotatable bonds is 7. The Balaban J connectivity index is 2.12. The number of ether oxygens (including phenoxy) is 1. The van der Waals surface area contributed by atoms with Crippen LogP contribution in [0.2, 0.25) is 0 Å². The third-order valence-corrected chi connectivity index (χ3v) is 4.47. The molecule has 0 saturated carbocycles. The average Bonchev–Trinajstić information content (AvgIpc) is 2.28. The number of aliphatic hydroxyl groups excluding tert-OH is 1. The van der Waals surface area contributed by atoms with Crippen molar-refractivity contribution in [1.82, 2.24) is 4.90 Å². The van der Waals surface area contributed by atoms with Crippen LogP contribution in [0.25, 0.3) is 0 Å². The van der Waals surface area contributed by atoms with Crippen molar-refractivity contribution >= 4 is 9.84 Å². The number of nitrogens with zero attached hydrogens (tertiary/aromatic N) is 1. The normalized spacial score (nSPS) is 22.5. The average molecular weight is 265 g/mol. The summed E-state index contributed by atoms with van der Waals surface area (Å²) in [6, 6.07) is 0. The van der Waals surface area contributed by atoms with Crippen molar-refractivity contribution in [3.05, 3.63) is 0 Å². The van der Waals surface area contributed by atoms with Crippen LogP contribution in [0.4, 0.5) is 0 Å². The molecule has 0 aromatic rings. The van der Waals surface area contributed by atoms with E-state index in [1.807, 2.05) is 4.90 Å². The van der Waals surface area contributed by atoms with Gasteiger partial charge in [-0.05, 0) is 6.42 Å². The zero-order chi connectivity index (χ0) is 12.7. The molecule has 102 valence electrons. The fourth-order valence-corrected chi connectivity index (χ4v) is 3.03. The van der Waals surface area contributed by atoms with Gasteiger partial charge < -0.3 is 9.84 Å². The molecule has 0 aromatic heterocycles. The number of hydrogen-bond acceptors (Lipinski definition) is 5. The van der Waals surface area contributed by atoms with Gasteiger partial charge in [-0.2, -0.15) is 0 Å². The molecule has 1 saturated heterocycles. The lowest BCUT2D eigenvalue weighted by Crippen LogP contribution is -2.44. The molecule has 0 spiro atoms. The van der Waals surface area contributed by atoms with Crippen LogP contribution in [0, 0.1) is 0 Å². The van der Waals surface area contributed by atoms with Gasteiger partial charge in [-0.25, -0.2) is 8.42 Å². The monoisotopic (exact) mass is 265 g/mol. The molecule has 0 bridgehead atoms. The van der Waals surface area contributed by atoms with Gasteiger partial charge in [-0.3, -0.25) is 4.90 Å². The minimum absolute atomic E-state index is 0.205. The molecular weight excluding hydrogens is 242 g/mol. The Bertz CT molecular complexity index is 291. The number of unbranched alkanes of at least 4 members (excludes halogenated alkanes) is 1. The van der Waals surface area contributed by atoms with Gasteiger partial charge in [0.15, 0.2) is 9.84 Å². The van der Waals surface area contributed by atoms with E-state index in [0.29, 0.717) is 32.8 Å². The molecule has 1 N–H and O–H groups in total. The molecule has 1 aliphatic rings. The second kappa shape index (κ2) is 7.31. The summed E-state index contributed by atoms with van der Waals surface area (Å²) >= 11 is 0. The Labute approximate surface area is 104 Å². The lowest BCUT2D eigenvalue weighted by Gasteiger charge is -2.28. The molecule has 1 rings (SSSR count). The van der Waals surface area contributed by atoms with E-state index in [1.54, 1.807) is 0 Å². The Morgan fingerprint density at radius 3 is 2.59 bits per heavy atom. The van der Waals surface area contributed by atoms with Crippen molar-refractivity contribution in [2.45, 2.75) is 25.9 Å². The third kappa shape index (κ3) is 6.35. The zero-order valence-corrected chi connectivity index (χ0v) is 11.3. The van der Waals surface area contributed by atoms with Gasteiger partial charge >= 0.3 is 0 Å². The summed E-state index contributed by atoms with van der Waals surface area (Å²) < 4.78 is 27.7. The van der Waals surface area contributed by atoms with Crippen LogP contribution in [0.5, 0.6) is 0 Å². The number of sulfone groups is 1. The van der Waals surface area contributed by atoms with Gasteiger partial charge in [0, 0.05) is 26.2 Å². The van der Waals surface area contributed by atoms with Gasteiger partial charge in [-0.1, -0.05) is 13.3 Å². The lowest BCUT2D eigenvalue weighted by molar-refractivity contribution is 0.0172. The van der Waals surface area contributed by atoms with Crippen LogP contribution in [0.1, 0.15) is 19.8 Å². The first-order chi connectivity index (χ1) is 8.03. The summed E-state index contributed by atoms with van der Waals surface area (Å²) in [5, 5.41) is 9.71. The van der Waals surface area contributed by atoms with Crippen LogP contribution in [0.3, 0.4) is 0 Å². The molecule has 17 heavy (non-hydrogen) atoms. The van der Waals surface area contributed by atoms with Gasteiger partial charge in [0.1, 0.15) is 0 Å². The summed E-state index contributed by atoms with van der Waals surface area (Å²) in [5.41, 5.74) is 0. The van der Waals surface area contributed by atoms with Gasteiger partial charge in [0.05, 0.1) is 24.2 Å². The molecule has 0 amide bonds. The summed E-state index contributed by atoms with van der Waals surface area (Å²) in [5.74, 6) is 0.410. The molecule has 1 atom stereocenters. The Morgan fingerprint density at radius 2 is 2.00 bits per heavy atom. The molecule has 0 aromatic carbocycles. The van der Waals surface area contributed by atoms with Crippen LogP contribution in [-0.2, 0) is 14.6 Å². The highest BCUT2D eigenvalue weighted by atomic mass is 32.2. The SMILES string of the molecule is CCCCOCC(O)CN1CCS(=O)(=O)CC1. The van der Waals surface area contributed by atoms with Gasteiger partial charge in [0.2, 0.25) is 0 Å². The van der Waals surface area contributed by atoms with E-state index in [1.165, 1.54) is 0 Å². The van der Waals surface area contributed by atoms with E-state index in [4.69, 9.17) is 4.74 Å². The zero-order valence-electron chi connectivity index (χ0n) is 10.5. The first kappa shape index (κ1) is 14.9. The quantitative estimate of drug-likeness (QED) is 0.651. The molecule has 1 heterocycles. The summed E-state index contributed by atoms with van der Waals surface area (Å²) in [7, 11) is -2.83. The maximum Gasteiger partial charge on any atom is 0.152 e. The van der Waals surface area contributed by atoms with Crippen molar-refractivity contribution < 1.29 is 18.3 Å². The van der Waals surface area contributed by atoms with E-state index in [2.05, 4.69) is 6.92 Å². The molecule has 5 nitrogen and oxygen atoms in total. The minimum Gasteiger partial charge on any atom is -0.389 e. The van der Waals surface area contributed by atoms with Crippen LogP contribution in [0.15, 0.2) is 0 Å². The summed E-state index contributed by atoms with van der Waals surface area (Å²) in [6.45, 7) is 4.66. The highest BCUT2D eigenvalue weighted by Gasteiger charge is 2.22. The predicted octanol–water partition coefficient (Wildman–Crippen LogP) is -0.106. The maximum absolute atomic E-state index is 11.2. The van der Waals surface area contributed by atoms with E-state index in [9.17, 15) is 13.5 Å². The summed E-state index contributed by atoms with van der Waals surface area (Å²) in [6.07, 6.45) is 1.57. The molecule has 0 radical (unpaired) electrons. The molecular formula is C11H23NO4S. The number of hydrogen-bond donors (Lipinski definition) is 1. The van der Waals surface area contributed by atoms with E-state index >= 15 is 0 Å². The second-order valence-electron chi connectivity index (χ2n) is 4.53. The van der Waals surface area contributed by atoms with Crippen molar-refractivity contribution in [2.24, 2.45) is 0 Å². The summed E-state index contributed by atoms with van der Waals surface area (Å²) in [4.78, 5) is 1.98. The predicted molar refractivity (Wildman–Crippen MR) is 66.8 cm³/mol. The van der Waals surface area contributed by atoms with Crippen LogP contribution < -0.4 is 0 Å². The topological polar surface area (TPSA) is 66.8 Å². The van der Waals surface area contributed by atoms with E-state index in [-0.39, 0.29) is 11.5 Å². The molecule has 6 heteroatoms. The van der Waals surface area contributed by atoms with Gasteiger partial charge in [-0.15, -0.1) is 0 Å². The minimum atomic E-state index is -2.83. The number of β-amino-alcohol motifs (C(OH)–C–C–N with tert-alkyl or cyclic N) is 1. The highest BCUT2D eigenvalue weighted by molar-refractivity contribution is 7.91. The van der Waals surface area contributed by atoms with Crippen molar-refractivity contribution in [2.75, 3.05) is 44.4 Å². The Morgan fingerprint density at radius 1 is 1.35 bits per heavy atom. The maximum atomic E-state index is 11.2. The molecule has 1 fully saturated rings. The Hall–Kier alpha value is -0.170. The molecule has 1 aliphatic heterocycles. The molecule has 1 unspecified atom stereocenters. The fourth-order valence-electron chi connectivity index (χ4n) is 1.75. The smallest absolute Gasteiger partial charge is 0.152 e.